The Morgan fingerprint density at radius 2 is 1.87 bits per heavy atom. The second kappa shape index (κ2) is 7.91. The molecule has 1 saturated heterocycles. The van der Waals surface area contributed by atoms with Crippen molar-refractivity contribution in [3.8, 4) is 10.6 Å². The molecular weight excluding hydrogens is 394 g/mol. The number of anilines is 1. The van der Waals surface area contributed by atoms with Crippen LogP contribution in [0.4, 0.5) is 5.69 Å². The molecule has 3 aromatic heterocycles. The Morgan fingerprint density at radius 3 is 2.63 bits per heavy atom. The van der Waals surface area contributed by atoms with E-state index in [1.54, 1.807) is 0 Å². The quantitative estimate of drug-likeness (QED) is 0.501. The van der Waals surface area contributed by atoms with E-state index in [-0.39, 0.29) is 5.91 Å². The average molecular weight is 418 g/mol. The lowest BCUT2D eigenvalue weighted by Crippen LogP contribution is -2.48. The van der Waals surface area contributed by atoms with Crippen molar-refractivity contribution in [2.45, 2.75) is 13.5 Å². The zero-order chi connectivity index (χ0) is 20.5. The van der Waals surface area contributed by atoms with Crippen LogP contribution in [0.5, 0.6) is 0 Å². The molecule has 1 fully saturated rings. The standard InChI is InChI=1S/C23H23N5OS/c1-2-26-15-19(18-9-6-10-24-21(18)26)22-25-20(16-30-22)23(29)28-13-11-27(12-14-28)17-7-4-3-5-8-17/h3-10,15-16H,2,11-14H2,1H3. The molecule has 5 rings (SSSR count). The fourth-order valence-corrected chi connectivity index (χ4v) is 4.82. The van der Waals surface area contributed by atoms with Crippen molar-refractivity contribution in [3.63, 3.8) is 0 Å². The number of aryl methyl sites for hydroxylation is 1. The number of carbonyl (C=O) groups is 1. The maximum absolute atomic E-state index is 13.0. The molecule has 0 unspecified atom stereocenters. The summed E-state index contributed by atoms with van der Waals surface area (Å²) in [5.74, 6) is 0.0163. The molecule has 1 aliphatic rings. The maximum Gasteiger partial charge on any atom is 0.273 e. The molecule has 4 heterocycles. The topological polar surface area (TPSA) is 54.3 Å². The van der Waals surface area contributed by atoms with Crippen LogP contribution in [-0.4, -0.2) is 51.5 Å². The summed E-state index contributed by atoms with van der Waals surface area (Å²) in [6, 6.07) is 14.4. The van der Waals surface area contributed by atoms with Gasteiger partial charge in [0.25, 0.3) is 5.91 Å². The molecule has 30 heavy (non-hydrogen) atoms. The van der Waals surface area contributed by atoms with Crippen LogP contribution in [0.1, 0.15) is 17.4 Å². The van der Waals surface area contributed by atoms with Crippen molar-refractivity contribution in [2.24, 2.45) is 0 Å². The van der Waals surface area contributed by atoms with Crippen LogP contribution < -0.4 is 4.90 Å². The summed E-state index contributed by atoms with van der Waals surface area (Å²) in [4.78, 5) is 26.5. The number of hydrogen-bond acceptors (Lipinski definition) is 5. The summed E-state index contributed by atoms with van der Waals surface area (Å²) in [7, 11) is 0. The fraction of sp³-hybridized carbons (Fsp3) is 0.261. The lowest BCUT2D eigenvalue weighted by molar-refractivity contribution is 0.0742. The van der Waals surface area contributed by atoms with E-state index in [1.165, 1.54) is 17.0 Å². The third kappa shape index (κ3) is 3.35. The van der Waals surface area contributed by atoms with E-state index in [4.69, 9.17) is 4.98 Å². The van der Waals surface area contributed by atoms with Crippen molar-refractivity contribution in [3.05, 3.63) is 65.9 Å². The molecule has 6 nitrogen and oxygen atoms in total. The van der Waals surface area contributed by atoms with E-state index in [1.807, 2.05) is 28.6 Å². The first-order chi connectivity index (χ1) is 14.7. The number of fused-ring (bicyclic) bond motifs is 1. The normalized spacial score (nSPS) is 14.4. The summed E-state index contributed by atoms with van der Waals surface area (Å²) in [6.45, 7) is 6.03. The smallest absolute Gasteiger partial charge is 0.273 e. The summed E-state index contributed by atoms with van der Waals surface area (Å²) in [6.07, 6.45) is 3.90. The first-order valence-electron chi connectivity index (χ1n) is 10.2. The summed E-state index contributed by atoms with van der Waals surface area (Å²) in [5, 5.41) is 3.82. The minimum absolute atomic E-state index is 0.0163. The zero-order valence-corrected chi connectivity index (χ0v) is 17.7. The van der Waals surface area contributed by atoms with Gasteiger partial charge in [-0.15, -0.1) is 11.3 Å². The van der Waals surface area contributed by atoms with Crippen molar-refractivity contribution in [2.75, 3.05) is 31.1 Å². The van der Waals surface area contributed by atoms with Gasteiger partial charge >= 0.3 is 0 Å². The molecule has 0 spiro atoms. The molecule has 0 N–H and O–H groups in total. The Kier molecular flexibility index (Phi) is 4.96. The van der Waals surface area contributed by atoms with E-state index >= 15 is 0 Å². The molecule has 7 heteroatoms. The number of nitrogens with zero attached hydrogens (tertiary/aromatic N) is 5. The Hall–Kier alpha value is -3.19. The van der Waals surface area contributed by atoms with Gasteiger partial charge in [0, 0.05) is 67.1 Å². The van der Waals surface area contributed by atoms with Crippen LogP contribution in [0.25, 0.3) is 21.6 Å². The Morgan fingerprint density at radius 1 is 1.07 bits per heavy atom. The molecule has 0 aliphatic carbocycles. The molecule has 0 saturated carbocycles. The van der Waals surface area contributed by atoms with Gasteiger partial charge in [0.15, 0.2) is 0 Å². The lowest BCUT2D eigenvalue weighted by atomic mass is 10.2. The number of amides is 1. The van der Waals surface area contributed by atoms with Gasteiger partial charge in [-0.1, -0.05) is 18.2 Å². The van der Waals surface area contributed by atoms with Gasteiger partial charge in [0.05, 0.1) is 0 Å². The molecular formula is C23H23N5OS. The number of aromatic nitrogens is 3. The number of hydrogen-bond donors (Lipinski definition) is 0. The largest absolute Gasteiger partial charge is 0.368 e. The summed E-state index contributed by atoms with van der Waals surface area (Å²) >= 11 is 1.52. The molecule has 0 atom stereocenters. The van der Waals surface area contributed by atoms with E-state index in [0.29, 0.717) is 18.8 Å². The highest BCUT2D eigenvalue weighted by molar-refractivity contribution is 7.13. The Balaban J connectivity index is 1.33. The minimum Gasteiger partial charge on any atom is -0.368 e. The van der Waals surface area contributed by atoms with Crippen LogP contribution in [0.3, 0.4) is 0 Å². The van der Waals surface area contributed by atoms with Gasteiger partial charge in [0.1, 0.15) is 16.3 Å². The molecule has 1 aromatic carbocycles. The van der Waals surface area contributed by atoms with Crippen LogP contribution in [0.2, 0.25) is 0 Å². The highest BCUT2D eigenvalue weighted by Crippen LogP contribution is 2.32. The van der Waals surface area contributed by atoms with Crippen LogP contribution in [-0.2, 0) is 6.54 Å². The molecule has 1 amide bonds. The number of rotatable bonds is 4. The van der Waals surface area contributed by atoms with Gasteiger partial charge in [-0.25, -0.2) is 9.97 Å². The molecule has 0 radical (unpaired) electrons. The molecule has 1 aliphatic heterocycles. The Labute approximate surface area is 179 Å². The maximum atomic E-state index is 13.0. The van der Waals surface area contributed by atoms with Gasteiger partial charge in [-0.2, -0.15) is 0 Å². The average Bonchev–Trinajstić information content (AvgIpc) is 3.44. The first kappa shape index (κ1) is 18.8. The fourth-order valence-electron chi connectivity index (χ4n) is 4.00. The predicted molar refractivity (Wildman–Crippen MR) is 121 cm³/mol. The van der Waals surface area contributed by atoms with Gasteiger partial charge in [0.2, 0.25) is 0 Å². The van der Waals surface area contributed by atoms with Gasteiger partial charge < -0.3 is 14.4 Å². The van der Waals surface area contributed by atoms with E-state index in [0.717, 1.165) is 41.2 Å². The van der Waals surface area contributed by atoms with Crippen molar-refractivity contribution < 1.29 is 4.79 Å². The number of pyridine rings is 1. The van der Waals surface area contributed by atoms with Crippen LogP contribution >= 0.6 is 11.3 Å². The van der Waals surface area contributed by atoms with Gasteiger partial charge in [-0.05, 0) is 31.2 Å². The molecule has 4 aromatic rings. The first-order valence-corrected chi connectivity index (χ1v) is 11.1. The summed E-state index contributed by atoms with van der Waals surface area (Å²) < 4.78 is 2.12. The van der Waals surface area contributed by atoms with Crippen LogP contribution in [0.15, 0.2) is 60.2 Å². The minimum atomic E-state index is 0.0163. The lowest BCUT2D eigenvalue weighted by Gasteiger charge is -2.35. The second-order valence-corrected chi connectivity index (χ2v) is 8.21. The van der Waals surface area contributed by atoms with Crippen molar-refractivity contribution >= 4 is 34.0 Å². The number of piperazine rings is 1. The number of para-hydroxylation sites is 1. The zero-order valence-electron chi connectivity index (χ0n) is 16.9. The summed E-state index contributed by atoms with van der Waals surface area (Å²) in [5.41, 5.74) is 3.74. The van der Waals surface area contributed by atoms with E-state index in [9.17, 15) is 4.79 Å². The third-order valence-corrected chi connectivity index (χ3v) is 6.49. The number of thiazole rings is 1. The van der Waals surface area contributed by atoms with Crippen molar-refractivity contribution in [1.82, 2.24) is 19.4 Å². The molecule has 152 valence electrons. The number of carbonyl (C=O) groups excluding carboxylic acids is 1. The van der Waals surface area contributed by atoms with E-state index in [2.05, 4.69) is 57.9 Å². The van der Waals surface area contributed by atoms with E-state index < -0.39 is 0 Å². The highest BCUT2D eigenvalue weighted by Gasteiger charge is 2.24. The van der Waals surface area contributed by atoms with Crippen molar-refractivity contribution in [1.29, 1.82) is 0 Å². The highest BCUT2D eigenvalue weighted by atomic mass is 32.1. The van der Waals surface area contributed by atoms with Gasteiger partial charge in [-0.3, -0.25) is 4.79 Å². The number of benzene rings is 1. The Bertz CT molecular complexity index is 1170. The monoisotopic (exact) mass is 417 g/mol. The SMILES string of the molecule is CCn1cc(-c2nc(C(=O)N3CCN(c4ccccc4)CC3)cs2)c2cccnc21. The predicted octanol–water partition coefficient (Wildman–Crippen LogP) is 4.14. The molecule has 0 bridgehead atoms. The third-order valence-electron chi connectivity index (χ3n) is 5.62. The van der Waals surface area contributed by atoms with Crippen LogP contribution in [0, 0.1) is 0 Å². The second-order valence-electron chi connectivity index (χ2n) is 7.36.